The SMILES string of the molecule is C=Cc1ccccc1C(=C)C(=C)/C=C\C(=C)c1c2cc(N3c4ccccc4C(C)(C)c4ccccc43)ccc2c(-c2ccc(-c3cccc4ccccc34)cc2)c2cc(N3c4ccccc4C(C)(C)c4ccccc43)ccc12. The second kappa shape index (κ2) is 18.7. The Morgan fingerprint density at radius 1 is 0.410 bits per heavy atom. The smallest absolute Gasteiger partial charge is 0.0502 e. The van der Waals surface area contributed by atoms with E-state index in [9.17, 15) is 0 Å². The van der Waals surface area contributed by atoms with Crippen molar-refractivity contribution in [1.82, 2.24) is 0 Å². The van der Waals surface area contributed by atoms with Crippen molar-refractivity contribution in [2.24, 2.45) is 0 Å². The van der Waals surface area contributed by atoms with Gasteiger partial charge in [0.1, 0.15) is 0 Å². The van der Waals surface area contributed by atoms with Crippen LogP contribution < -0.4 is 9.80 Å². The summed E-state index contributed by atoms with van der Waals surface area (Å²) in [7, 11) is 0. The van der Waals surface area contributed by atoms with Gasteiger partial charge in [-0.05, 0) is 159 Å². The van der Waals surface area contributed by atoms with Gasteiger partial charge in [0.25, 0.3) is 0 Å². The number of hydrogen-bond acceptors (Lipinski definition) is 2. The number of benzene rings is 11. The van der Waals surface area contributed by atoms with Crippen LogP contribution >= 0.6 is 0 Å². The lowest BCUT2D eigenvalue weighted by molar-refractivity contribution is 0.632. The monoisotopic (exact) mass is 1000 g/mol. The molecule has 78 heavy (non-hydrogen) atoms. The Morgan fingerprint density at radius 3 is 1.46 bits per heavy atom. The van der Waals surface area contributed by atoms with E-state index in [1.165, 1.54) is 66.9 Å². The number of fused-ring (bicyclic) bond motifs is 7. The van der Waals surface area contributed by atoms with Crippen LogP contribution in [0.5, 0.6) is 0 Å². The molecule has 11 aromatic carbocycles. The molecule has 0 atom stereocenters. The van der Waals surface area contributed by atoms with Gasteiger partial charge in [-0.15, -0.1) is 0 Å². The highest BCUT2D eigenvalue weighted by atomic mass is 15.2. The fourth-order valence-electron chi connectivity index (χ4n) is 12.8. The normalized spacial score (nSPS) is 13.9. The van der Waals surface area contributed by atoms with Crippen LogP contribution in [-0.2, 0) is 10.8 Å². The molecule has 0 amide bonds. The third-order valence-corrected chi connectivity index (χ3v) is 16.8. The molecule has 2 aliphatic rings. The fraction of sp³-hybridized carbons (Fsp3) is 0.0789. The molecule has 0 unspecified atom stereocenters. The first-order chi connectivity index (χ1) is 37.9. The summed E-state index contributed by atoms with van der Waals surface area (Å²) in [6.45, 7) is 27.5. The molecule has 0 fully saturated rings. The average molecular weight is 1000 g/mol. The van der Waals surface area contributed by atoms with Crippen LogP contribution in [0.2, 0.25) is 0 Å². The van der Waals surface area contributed by atoms with Crippen molar-refractivity contribution in [3.63, 3.8) is 0 Å². The number of hydrogen-bond donors (Lipinski definition) is 0. The lowest BCUT2D eigenvalue weighted by Crippen LogP contribution is -2.30. The summed E-state index contributed by atoms with van der Waals surface area (Å²) >= 11 is 0. The summed E-state index contributed by atoms with van der Waals surface area (Å²) in [4.78, 5) is 4.92. The molecule has 2 nitrogen and oxygen atoms in total. The highest BCUT2D eigenvalue weighted by Gasteiger charge is 2.38. The van der Waals surface area contributed by atoms with Gasteiger partial charge in [0.05, 0.1) is 22.7 Å². The largest absolute Gasteiger partial charge is 0.310 e. The summed E-state index contributed by atoms with van der Waals surface area (Å²) in [6.07, 6.45) is 6.08. The van der Waals surface area contributed by atoms with Crippen molar-refractivity contribution < 1.29 is 0 Å². The van der Waals surface area contributed by atoms with Gasteiger partial charge in [-0.25, -0.2) is 0 Å². The highest BCUT2D eigenvalue weighted by molar-refractivity contribution is 6.21. The van der Waals surface area contributed by atoms with E-state index >= 15 is 0 Å². The van der Waals surface area contributed by atoms with Gasteiger partial charge in [0.2, 0.25) is 0 Å². The number of anilines is 6. The molecular formula is C76H60N2. The molecule has 13 rings (SSSR count). The zero-order valence-corrected chi connectivity index (χ0v) is 44.8. The molecule has 2 aliphatic heterocycles. The first kappa shape index (κ1) is 48.2. The summed E-state index contributed by atoms with van der Waals surface area (Å²) in [5, 5.41) is 6.94. The molecule has 0 saturated carbocycles. The van der Waals surface area contributed by atoms with Gasteiger partial charge in [-0.1, -0.05) is 248 Å². The molecule has 374 valence electrons. The van der Waals surface area contributed by atoms with Crippen LogP contribution in [0.3, 0.4) is 0 Å². The van der Waals surface area contributed by atoms with E-state index in [-0.39, 0.29) is 10.8 Å². The summed E-state index contributed by atoms with van der Waals surface area (Å²) in [5.41, 5.74) is 21.9. The second-order valence-corrected chi connectivity index (χ2v) is 22.0. The van der Waals surface area contributed by atoms with E-state index in [2.05, 4.69) is 282 Å². The standard InChI is InChI=1S/C76H60N2/c1-9-52-23-10-12-26-58(52)51(4)49(2)37-38-50(3)73-61-45-43-57(78-71-35-20-16-31-67(71)76(7,8)68-32-17-21-36-72(68)78)48-64(61)74(55-41-39-54(40-42-55)60-28-22-25-53-24-11-13-27-59(53)60)62-46-44-56(47-63(62)73)77-69-33-18-14-29-65(69)75(5,6)66-30-15-19-34-70(66)77/h9-48H,1-4H2,5-8H3/b38-37-. The molecule has 11 aromatic rings. The lowest BCUT2D eigenvalue weighted by Gasteiger charge is -2.42. The van der Waals surface area contributed by atoms with Crippen LogP contribution in [0.4, 0.5) is 34.1 Å². The van der Waals surface area contributed by atoms with Crippen molar-refractivity contribution in [3.8, 4) is 22.3 Å². The summed E-state index contributed by atoms with van der Waals surface area (Å²) in [5.74, 6) is 0. The molecule has 0 aliphatic carbocycles. The third-order valence-electron chi connectivity index (χ3n) is 16.8. The van der Waals surface area contributed by atoms with Crippen molar-refractivity contribution >= 4 is 83.7 Å². The van der Waals surface area contributed by atoms with E-state index in [1.54, 1.807) is 0 Å². The first-order valence-electron chi connectivity index (χ1n) is 27.0. The van der Waals surface area contributed by atoms with Crippen molar-refractivity contribution in [1.29, 1.82) is 0 Å². The highest BCUT2D eigenvalue weighted by Crippen LogP contribution is 2.55. The maximum absolute atomic E-state index is 4.96. The molecule has 2 heteroatoms. The maximum Gasteiger partial charge on any atom is 0.0502 e. The van der Waals surface area contributed by atoms with Crippen molar-refractivity contribution in [2.75, 3.05) is 9.80 Å². The predicted molar refractivity (Wildman–Crippen MR) is 336 cm³/mol. The molecule has 0 radical (unpaired) electrons. The van der Waals surface area contributed by atoms with Gasteiger partial charge in [0, 0.05) is 22.2 Å². The van der Waals surface area contributed by atoms with Gasteiger partial charge in [-0.3, -0.25) is 0 Å². The number of rotatable bonds is 10. The maximum atomic E-state index is 4.96. The first-order valence-corrected chi connectivity index (χ1v) is 27.0. The van der Waals surface area contributed by atoms with E-state index in [0.29, 0.717) is 0 Å². The molecule has 0 spiro atoms. The molecule has 0 bridgehead atoms. The Hall–Kier alpha value is -9.50. The molecule has 0 saturated heterocycles. The van der Waals surface area contributed by atoms with Crippen molar-refractivity contribution in [2.45, 2.75) is 38.5 Å². The number of para-hydroxylation sites is 4. The van der Waals surface area contributed by atoms with Gasteiger partial charge >= 0.3 is 0 Å². The second-order valence-electron chi connectivity index (χ2n) is 22.0. The van der Waals surface area contributed by atoms with Crippen LogP contribution in [-0.4, -0.2) is 0 Å². The lowest BCUT2D eigenvalue weighted by atomic mass is 9.73. The Labute approximate surface area is 459 Å². The molecule has 0 N–H and O–H groups in total. The topological polar surface area (TPSA) is 6.48 Å². The predicted octanol–water partition coefficient (Wildman–Crippen LogP) is 21.2. The Kier molecular flexibility index (Phi) is 11.5. The Bertz CT molecular complexity index is 4240. The van der Waals surface area contributed by atoms with Gasteiger partial charge < -0.3 is 9.80 Å². The summed E-state index contributed by atoms with van der Waals surface area (Å²) < 4.78 is 0. The minimum Gasteiger partial charge on any atom is -0.310 e. The Balaban J connectivity index is 1.08. The molecule has 2 heterocycles. The molecular weight excluding hydrogens is 941 g/mol. The zero-order chi connectivity index (χ0) is 53.5. The van der Waals surface area contributed by atoms with Crippen LogP contribution in [0.1, 0.15) is 66.6 Å². The Morgan fingerprint density at radius 2 is 0.885 bits per heavy atom. The van der Waals surface area contributed by atoms with Crippen LogP contribution in [0.15, 0.2) is 268 Å². The van der Waals surface area contributed by atoms with E-state index < -0.39 is 0 Å². The van der Waals surface area contributed by atoms with E-state index in [0.717, 1.165) is 77.5 Å². The van der Waals surface area contributed by atoms with Gasteiger partial charge in [0.15, 0.2) is 0 Å². The third kappa shape index (κ3) is 7.62. The van der Waals surface area contributed by atoms with Crippen LogP contribution in [0, 0.1) is 0 Å². The van der Waals surface area contributed by atoms with E-state index in [1.807, 2.05) is 18.2 Å². The van der Waals surface area contributed by atoms with E-state index in [4.69, 9.17) is 6.58 Å². The molecule has 0 aromatic heterocycles. The quantitative estimate of drug-likeness (QED) is 0.0995. The van der Waals surface area contributed by atoms with Crippen LogP contribution in [0.25, 0.3) is 71.8 Å². The van der Waals surface area contributed by atoms with Gasteiger partial charge in [-0.2, -0.15) is 0 Å². The average Bonchev–Trinajstić information content (AvgIpc) is 3.63. The zero-order valence-electron chi connectivity index (χ0n) is 44.8. The summed E-state index contributed by atoms with van der Waals surface area (Å²) in [6, 6.07) is 82.4. The van der Waals surface area contributed by atoms with Crippen molar-refractivity contribution in [3.05, 3.63) is 307 Å². The minimum absolute atomic E-state index is 0.198. The number of allylic oxidation sites excluding steroid dienone is 5. The fourth-order valence-corrected chi connectivity index (χ4v) is 12.8. The minimum atomic E-state index is -0.201. The number of nitrogens with zero attached hydrogens (tertiary/aromatic N) is 2.